The second kappa shape index (κ2) is 6.09. The van der Waals surface area contributed by atoms with Gasteiger partial charge in [0.2, 0.25) is 5.91 Å². The number of carboxylic acids is 1. The third kappa shape index (κ3) is 3.60. The van der Waals surface area contributed by atoms with Crippen LogP contribution in [0, 0.1) is 13.8 Å². The normalized spacial score (nSPS) is 10.8. The maximum absolute atomic E-state index is 11.8. The maximum Gasteiger partial charge on any atom is 0.338 e. The number of carbonyl (C=O) groups excluding carboxylic acids is 1. The monoisotopic (exact) mass is 285 g/mol. The molecule has 0 bridgehead atoms. The second-order valence-electron chi connectivity index (χ2n) is 4.57. The van der Waals surface area contributed by atoms with Gasteiger partial charge in [-0.15, -0.1) is 0 Å². The summed E-state index contributed by atoms with van der Waals surface area (Å²) >= 11 is 0. The van der Waals surface area contributed by atoms with Crippen molar-refractivity contribution in [3.05, 3.63) is 59.1 Å². The Bertz CT molecular complexity index is 713. The number of carboxylic acid groups (broad SMARTS) is 1. The highest BCUT2D eigenvalue weighted by molar-refractivity contribution is 6.06. The average Bonchev–Trinajstić information content (AvgIpc) is 2.82. The summed E-state index contributed by atoms with van der Waals surface area (Å²) in [6, 6.07) is 8.46. The smallest absolute Gasteiger partial charge is 0.338 e. The zero-order chi connectivity index (χ0) is 15.4. The zero-order valence-corrected chi connectivity index (χ0v) is 11.7. The fourth-order valence-electron chi connectivity index (χ4n) is 1.93. The van der Waals surface area contributed by atoms with Gasteiger partial charge in [-0.05, 0) is 43.7 Å². The number of furan rings is 1. The van der Waals surface area contributed by atoms with Gasteiger partial charge in [0.15, 0.2) is 0 Å². The molecule has 0 aliphatic rings. The molecule has 1 amide bonds. The van der Waals surface area contributed by atoms with E-state index in [-0.39, 0.29) is 11.3 Å². The van der Waals surface area contributed by atoms with Gasteiger partial charge in [-0.25, -0.2) is 4.79 Å². The Balaban J connectivity index is 2.15. The number of benzene rings is 1. The summed E-state index contributed by atoms with van der Waals surface area (Å²) in [4.78, 5) is 23.1. The molecule has 0 saturated heterocycles. The van der Waals surface area contributed by atoms with Crippen molar-refractivity contribution in [2.75, 3.05) is 5.32 Å². The lowest BCUT2D eigenvalue weighted by Gasteiger charge is -2.08. The topological polar surface area (TPSA) is 79.5 Å². The number of aromatic carboxylic acids is 1. The van der Waals surface area contributed by atoms with Crippen LogP contribution in [0.2, 0.25) is 0 Å². The number of hydrogen-bond donors (Lipinski definition) is 2. The van der Waals surface area contributed by atoms with E-state index >= 15 is 0 Å². The standard InChI is InChI=1S/C16H15NO4/c1-10-4-3-5-13(15(10)16(19)20)17-14(18)9-8-12-7-6-11(2)21-12/h3-9H,1-2H3,(H,17,18)(H,19,20). The van der Waals surface area contributed by atoms with Crippen molar-refractivity contribution in [3.8, 4) is 0 Å². The molecule has 108 valence electrons. The van der Waals surface area contributed by atoms with Crippen LogP contribution in [0.3, 0.4) is 0 Å². The minimum absolute atomic E-state index is 0.0908. The number of carbonyl (C=O) groups is 2. The van der Waals surface area contributed by atoms with Crippen molar-refractivity contribution in [2.45, 2.75) is 13.8 Å². The molecule has 0 radical (unpaired) electrons. The Morgan fingerprint density at radius 2 is 1.95 bits per heavy atom. The SMILES string of the molecule is Cc1ccc(C=CC(=O)Nc2cccc(C)c2C(=O)O)o1. The predicted octanol–water partition coefficient (Wildman–Crippen LogP) is 3.25. The summed E-state index contributed by atoms with van der Waals surface area (Å²) in [5.74, 6) is -0.182. The molecule has 0 saturated carbocycles. The minimum atomic E-state index is -1.07. The third-order valence-electron chi connectivity index (χ3n) is 2.90. The Hall–Kier alpha value is -2.82. The predicted molar refractivity (Wildman–Crippen MR) is 79.2 cm³/mol. The van der Waals surface area contributed by atoms with E-state index in [1.54, 1.807) is 37.3 Å². The van der Waals surface area contributed by atoms with Gasteiger partial charge in [0.05, 0.1) is 11.3 Å². The van der Waals surface area contributed by atoms with E-state index in [4.69, 9.17) is 4.42 Å². The van der Waals surface area contributed by atoms with Gasteiger partial charge in [-0.1, -0.05) is 12.1 Å². The first-order valence-corrected chi connectivity index (χ1v) is 6.36. The summed E-state index contributed by atoms with van der Waals surface area (Å²) in [5, 5.41) is 11.7. The van der Waals surface area contributed by atoms with E-state index in [1.807, 2.05) is 6.92 Å². The molecule has 0 aliphatic heterocycles. The zero-order valence-electron chi connectivity index (χ0n) is 11.7. The number of aryl methyl sites for hydroxylation is 2. The Morgan fingerprint density at radius 3 is 2.57 bits per heavy atom. The van der Waals surface area contributed by atoms with E-state index in [0.29, 0.717) is 11.3 Å². The highest BCUT2D eigenvalue weighted by atomic mass is 16.4. The molecule has 0 atom stereocenters. The number of nitrogens with one attached hydrogen (secondary N) is 1. The van der Waals surface area contributed by atoms with Gasteiger partial charge in [0.25, 0.3) is 0 Å². The lowest BCUT2D eigenvalue weighted by molar-refractivity contribution is -0.111. The Labute approximate surface area is 121 Å². The average molecular weight is 285 g/mol. The fraction of sp³-hybridized carbons (Fsp3) is 0.125. The molecular formula is C16H15NO4. The van der Waals surface area contributed by atoms with Crippen LogP contribution in [0.5, 0.6) is 0 Å². The van der Waals surface area contributed by atoms with Crippen LogP contribution in [0.4, 0.5) is 5.69 Å². The number of amides is 1. The first-order chi connectivity index (χ1) is 9.97. The van der Waals surface area contributed by atoms with Gasteiger partial charge in [-0.2, -0.15) is 0 Å². The third-order valence-corrected chi connectivity index (χ3v) is 2.90. The molecule has 0 unspecified atom stereocenters. The van der Waals surface area contributed by atoms with Crippen LogP contribution in [0.1, 0.15) is 27.4 Å². The van der Waals surface area contributed by atoms with E-state index in [2.05, 4.69) is 5.32 Å². The quantitative estimate of drug-likeness (QED) is 0.845. The van der Waals surface area contributed by atoms with Crippen LogP contribution < -0.4 is 5.32 Å². The first kappa shape index (κ1) is 14.6. The van der Waals surface area contributed by atoms with Crippen molar-refractivity contribution in [3.63, 3.8) is 0 Å². The molecule has 21 heavy (non-hydrogen) atoms. The fourth-order valence-corrected chi connectivity index (χ4v) is 1.93. The molecule has 0 spiro atoms. The number of anilines is 1. The first-order valence-electron chi connectivity index (χ1n) is 6.36. The summed E-state index contributed by atoms with van der Waals surface area (Å²) in [5.41, 5.74) is 0.951. The van der Waals surface area contributed by atoms with Crippen molar-refractivity contribution < 1.29 is 19.1 Å². The summed E-state index contributed by atoms with van der Waals surface area (Å²) < 4.78 is 5.30. The molecule has 0 aliphatic carbocycles. The van der Waals surface area contributed by atoms with Gasteiger partial charge in [-0.3, -0.25) is 4.79 Å². The molecule has 1 heterocycles. The summed E-state index contributed by atoms with van der Waals surface area (Å²) in [6.07, 6.45) is 2.82. The van der Waals surface area contributed by atoms with Gasteiger partial charge < -0.3 is 14.8 Å². The largest absolute Gasteiger partial charge is 0.478 e. The molecule has 2 N–H and O–H groups in total. The second-order valence-corrected chi connectivity index (χ2v) is 4.57. The molecule has 2 aromatic rings. The van der Waals surface area contributed by atoms with E-state index in [0.717, 1.165) is 5.76 Å². The van der Waals surface area contributed by atoms with Crippen LogP contribution in [-0.4, -0.2) is 17.0 Å². The molecule has 5 heteroatoms. The molecule has 1 aromatic carbocycles. The molecular weight excluding hydrogens is 270 g/mol. The molecule has 5 nitrogen and oxygen atoms in total. The maximum atomic E-state index is 11.8. The lowest BCUT2D eigenvalue weighted by atomic mass is 10.1. The Kier molecular flexibility index (Phi) is 4.23. The molecule has 1 aromatic heterocycles. The van der Waals surface area contributed by atoms with Crippen LogP contribution in [0.25, 0.3) is 6.08 Å². The molecule has 2 rings (SSSR count). The van der Waals surface area contributed by atoms with Crippen LogP contribution in [-0.2, 0) is 4.79 Å². The van der Waals surface area contributed by atoms with E-state index < -0.39 is 11.9 Å². The minimum Gasteiger partial charge on any atom is -0.478 e. The highest BCUT2D eigenvalue weighted by Crippen LogP contribution is 2.19. The lowest BCUT2D eigenvalue weighted by Crippen LogP contribution is -2.13. The van der Waals surface area contributed by atoms with Crippen molar-refractivity contribution in [2.24, 2.45) is 0 Å². The van der Waals surface area contributed by atoms with Crippen molar-refractivity contribution in [1.82, 2.24) is 0 Å². The highest BCUT2D eigenvalue weighted by Gasteiger charge is 2.13. The summed E-state index contributed by atoms with van der Waals surface area (Å²) in [7, 11) is 0. The van der Waals surface area contributed by atoms with Gasteiger partial charge in [0.1, 0.15) is 11.5 Å². The van der Waals surface area contributed by atoms with Crippen LogP contribution in [0.15, 0.2) is 40.8 Å². The van der Waals surface area contributed by atoms with Gasteiger partial charge >= 0.3 is 5.97 Å². The molecule has 0 fully saturated rings. The Morgan fingerprint density at radius 1 is 1.19 bits per heavy atom. The van der Waals surface area contributed by atoms with Crippen molar-refractivity contribution >= 4 is 23.6 Å². The van der Waals surface area contributed by atoms with Crippen molar-refractivity contribution in [1.29, 1.82) is 0 Å². The number of hydrogen-bond acceptors (Lipinski definition) is 3. The summed E-state index contributed by atoms with van der Waals surface area (Å²) in [6.45, 7) is 3.49. The van der Waals surface area contributed by atoms with Gasteiger partial charge in [0, 0.05) is 6.08 Å². The van der Waals surface area contributed by atoms with E-state index in [1.165, 1.54) is 12.2 Å². The number of rotatable bonds is 4. The van der Waals surface area contributed by atoms with Crippen LogP contribution >= 0.6 is 0 Å². The van der Waals surface area contributed by atoms with E-state index in [9.17, 15) is 14.7 Å².